The molecule has 7 heteroatoms. The SMILES string of the molecule is Cc1cc(C(C)(C)C)ccc1Nc1cc2c(s1)-c1cc(C(C)(C)C)ccc1C2(C)C.Cc1cc(Cl)cc(N(c2ccc3c(c2)C(C)(C)CCC3(C)C)c2ccc3c(c2)C(C)(C)CCC3(C)C)c1.Cc1cc(N(c2ccc3c(c2)C(C)(C)CCC3(C)C)c2ccc3c(c2)C(C)(C)CCC3(C)C)cc(N(c2cc3c(s2)-c2cc(C(C)(C)C)ccc2C3(C)C)c2ccc(C(C)(C)C)cc2C)c1. The van der Waals surface area contributed by atoms with Gasteiger partial charge >= 0.3 is 0 Å². The number of anilines is 11. The third kappa shape index (κ3) is 18.2. The van der Waals surface area contributed by atoms with Gasteiger partial charge in [0.05, 0.1) is 5.00 Å². The Morgan fingerprint density at radius 2 is 0.564 bits per heavy atom. The van der Waals surface area contributed by atoms with Crippen molar-refractivity contribution in [3.63, 3.8) is 0 Å². The van der Waals surface area contributed by atoms with E-state index in [1.165, 1.54) is 239 Å². The molecule has 0 radical (unpaired) electrons. The summed E-state index contributed by atoms with van der Waals surface area (Å²) in [5.41, 5.74) is 43.3. The molecule has 0 amide bonds. The number of hydrogen-bond donors (Lipinski definition) is 1. The Hall–Kier alpha value is -8.91. The lowest BCUT2D eigenvalue weighted by Crippen LogP contribution is -2.34. The predicted octanol–water partition coefficient (Wildman–Crippen LogP) is 38.4. The summed E-state index contributed by atoms with van der Waals surface area (Å²) in [6, 6.07) is 76.2. The highest BCUT2D eigenvalue weighted by Gasteiger charge is 2.46. The molecule has 1 N–H and O–H groups in total. The van der Waals surface area contributed by atoms with Crippen LogP contribution in [0.4, 0.5) is 61.2 Å². The molecule has 18 rings (SSSR count). The zero-order valence-corrected chi connectivity index (χ0v) is 90.6. The highest BCUT2D eigenvalue weighted by Crippen LogP contribution is 2.61. The van der Waals surface area contributed by atoms with Gasteiger partial charge < -0.3 is 20.0 Å². The zero-order chi connectivity index (χ0) is 96.9. The first-order chi connectivity index (χ1) is 61.4. The molecule has 0 saturated heterocycles. The second-order valence-corrected chi connectivity index (χ2v) is 54.1. The summed E-state index contributed by atoms with van der Waals surface area (Å²) in [6.45, 7) is 84.9. The van der Waals surface area contributed by atoms with Gasteiger partial charge in [-0.1, -0.05) is 306 Å². The molecular formula is C126H157ClN4S2. The van der Waals surface area contributed by atoms with Crippen LogP contribution in [0.3, 0.4) is 0 Å². The van der Waals surface area contributed by atoms with Crippen LogP contribution >= 0.6 is 34.3 Å². The van der Waals surface area contributed by atoms with Gasteiger partial charge in [-0.3, -0.25) is 0 Å². The Bertz CT molecular complexity index is 6370. The number of fused-ring (bicyclic) bond motifs is 10. The van der Waals surface area contributed by atoms with Crippen LogP contribution in [0.2, 0.25) is 5.02 Å². The minimum atomic E-state index is -0.106. The first kappa shape index (κ1) is 97.2. The highest BCUT2D eigenvalue weighted by molar-refractivity contribution is 7.20. The van der Waals surface area contributed by atoms with Crippen LogP contribution in [0.5, 0.6) is 0 Å². The molecule has 0 bridgehead atoms. The lowest BCUT2D eigenvalue weighted by atomic mass is 9.63. The average Bonchev–Trinajstić information content (AvgIpc) is 1.60. The Labute approximate surface area is 817 Å². The molecular weight excluding hydrogens is 1670 g/mol. The molecule has 0 spiro atoms. The normalized spacial score (nSPS) is 18.3. The van der Waals surface area contributed by atoms with Gasteiger partial charge in [-0.25, -0.2) is 0 Å². The van der Waals surface area contributed by atoms with E-state index in [1.54, 1.807) is 0 Å². The fourth-order valence-corrected chi connectivity index (χ4v) is 25.7. The van der Waals surface area contributed by atoms with E-state index in [2.05, 4.69) is 457 Å². The van der Waals surface area contributed by atoms with Gasteiger partial charge in [0.15, 0.2) is 0 Å². The number of rotatable bonds is 11. The summed E-state index contributed by atoms with van der Waals surface area (Å²) in [5.74, 6) is 0. The van der Waals surface area contributed by atoms with Crippen molar-refractivity contribution in [3.05, 3.63) is 310 Å². The van der Waals surface area contributed by atoms with Crippen LogP contribution in [0, 0.1) is 27.7 Å². The molecule has 0 saturated carbocycles. The Morgan fingerprint density at radius 1 is 0.263 bits per heavy atom. The standard InChI is InChI=1S/C63H78N2S.C35H44ClN.C28H35NS/c1-39-31-45(64(43-21-24-49-51(36-43)61(13,14)29-27-59(49,9)10)44-22-25-50-52(37-44)62(15,16)30-28-60(50,11)12)35-46(32-39)65(54-26-20-41(33-40(54)2)57(3,4)5)55-38-53-56(66-55)47-34-42(58(6,7)8)19-23-48(47)63(53,17)18;1-23-18-24(36)20-27(19-23)37(25-10-12-28-30(21-25)34(6,7)16-14-32(28,2)3)26-11-13-29-31(22-26)35(8,9)17-15-33(29,4)5;1-17-14-18(26(2,3)4)11-13-23(17)29-24-16-22-25(30-24)20-15-19(27(5,6)7)10-12-21(20)28(22,8)9/h19-26,31-38H,27-30H2,1-18H3;10-13,18-22H,14-17H2,1-9H3;10-16,29H,1-9H3. The van der Waals surface area contributed by atoms with E-state index < -0.39 is 0 Å². The van der Waals surface area contributed by atoms with Crippen LogP contribution in [0.15, 0.2) is 194 Å². The molecule has 133 heavy (non-hydrogen) atoms. The maximum absolute atomic E-state index is 6.64. The van der Waals surface area contributed by atoms with E-state index >= 15 is 0 Å². The van der Waals surface area contributed by atoms with Crippen LogP contribution < -0.4 is 20.0 Å². The van der Waals surface area contributed by atoms with Gasteiger partial charge in [0.1, 0.15) is 5.00 Å². The van der Waals surface area contributed by atoms with Crippen molar-refractivity contribution in [2.75, 3.05) is 20.0 Å². The zero-order valence-electron chi connectivity index (χ0n) is 88.2. The number of nitrogens with zero attached hydrogens (tertiary/aromatic N) is 3. The molecule has 6 aliphatic rings. The summed E-state index contributed by atoms with van der Waals surface area (Å²) in [4.78, 5) is 10.4. The summed E-state index contributed by atoms with van der Waals surface area (Å²) in [7, 11) is 0. The van der Waals surface area contributed by atoms with Crippen LogP contribution in [-0.2, 0) is 75.8 Å². The molecule has 4 nitrogen and oxygen atoms in total. The number of aryl methyl sites for hydroxylation is 4. The third-order valence-electron chi connectivity index (χ3n) is 32.5. The first-order valence-corrected chi connectivity index (χ1v) is 51.9. The number of hydrogen-bond acceptors (Lipinski definition) is 6. The maximum Gasteiger partial charge on any atom is 0.101 e. The quantitative estimate of drug-likeness (QED) is 0.139. The van der Waals surface area contributed by atoms with Crippen molar-refractivity contribution in [2.45, 2.75) is 376 Å². The first-order valence-electron chi connectivity index (χ1n) is 49.9. The number of benzene rings is 10. The summed E-state index contributed by atoms with van der Waals surface area (Å²) in [5, 5.41) is 6.97. The average molecular weight is 1830 g/mol. The van der Waals surface area contributed by atoms with E-state index in [-0.39, 0.29) is 75.8 Å². The molecule has 0 aliphatic heterocycles. The number of halogens is 1. The third-order valence-corrected chi connectivity index (χ3v) is 35.0. The van der Waals surface area contributed by atoms with Gasteiger partial charge in [0.2, 0.25) is 0 Å². The molecule has 0 fully saturated rings. The van der Waals surface area contributed by atoms with Crippen molar-refractivity contribution in [1.82, 2.24) is 0 Å². The monoisotopic (exact) mass is 1830 g/mol. The summed E-state index contributed by atoms with van der Waals surface area (Å²) < 4.78 is 0. The Balaban J connectivity index is 0.000000161. The second kappa shape index (κ2) is 33.2. The van der Waals surface area contributed by atoms with Crippen LogP contribution in [-0.4, -0.2) is 0 Å². The molecule has 0 atom stereocenters. The van der Waals surface area contributed by atoms with Gasteiger partial charge in [0.25, 0.3) is 0 Å². The molecule has 2 aromatic heterocycles. The molecule has 6 aliphatic carbocycles. The van der Waals surface area contributed by atoms with E-state index in [9.17, 15) is 0 Å². The van der Waals surface area contributed by atoms with Gasteiger partial charge in [-0.15, -0.1) is 22.7 Å². The van der Waals surface area contributed by atoms with E-state index in [0.717, 1.165) is 10.7 Å². The van der Waals surface area contributed by atoms with E-state index in [4.69, 9.17) is 11.6 Å². The minimum absolute atomic E-state index is 0.0443. The van der Waals surface area contributed by atoms with E-state index in [1.807, 2.05) is 28.7 Å². The van der Waals surface area contributed by atoms with E-state index in [0.29, 0.717) is 0 Å². The van der Waals surface area contributed by atoms with Crippen LogP contribution in [0.1, 0.15) is 384 Å². The minimum Gasteiger partial charge on any atom is -0.347 e. The maximum atomic E-state index is 6.64. The van der Waals surface area contributed by atoms with Crippen molar-refractivity contribution in [3.8, 4) is 20.9 Å². The van der Waals surface area contributed by atoms with Crippen molar-refractivity contribution < 1.29 is 0 Å². The summed E-state index contributed by atoms with van der Waals surface area (Å²) in [6.07, 6.45) is 9.61. The van der Waals surface area contributed by atoms with Crippen molar-refractivity contribution in [1.29, 1.82) is 0 Å². The number of thiophene rings is 2. The van der Waals surface area contributed by atoms with Gasteiger partial charge in [-0.05, 0) is 388 Å². The van der Waals surface area contributed by atoms with Crippen LogP contribution in [0.25, 0.3) is 20.9 Å². The van der Waals surface area contributed by atoms with Crippen molar-refractivity contribution >= 4 is 95.5 Å². The fraction of sp³-hybridized carbons (Fsp3) is 0.460. The van der Waals surface area contributed by atoms with Gasteiger partial charge in [-0.2, -0.15) is 0 Å². The Morgan fingerprint density at radius 3 is 0.917 bits per heavy atom. The summed E-state index contributed by atoms with van der Waals surface area (Å²) >= 11 is 10.5. The lowest BCUT2D eigenvalue weighted by Gasteiger charge is -2.43. The predicted molar refractivity (Wildman–Crippen MR) is 584 cm³/mol. The largest absolute Gasteiger partial charge is 0.347 e. The fourth-order valence-electron chi connectivity index (χ4n) is 22.8. The number of nitrogens with one attached hydrogen (secondary N) is 1. The molecule has 10 aromatic carbocycles. The Kier molecular flexibility index (Phi) is 24.3. The molecule has 2 heterocycles. The lowest BCUT2D eigenvalue weighted by molar-refractivity contribution is 0.332. The van der Waals surface area contributed by atoms with Gasteiger partial charge in [0, 0.05) is 76.8 Å². The second-order valence-electron chi connectivity index (χ2n) is 51.6. The smallest absolute Gasteiger partial charge is 0.101 e. The highest BCUT2D eigenvalue weighted by atomic mass is 35.5. The molecule has 12 aromatic rings. The topological polar surface area (TPSA) is 21.8 Å². The molecule has 700 valence electrons. The molecule has 0 unspecified atom stereocenters. The van der Waals surface area contributed by atoms with Crippen molar-refractivity contribution in [2.24, 2.45) is 0 Å².